The number of carboxylic acids is 1. The zero-order valence-electron chi connectivity index (χ0n) is 11.8. The van der Waals surface area contributed by atoms with Gasteiger partial charge in [0, 0.05) is 19.7 Å². The van der Waals surface area contributed by atoms with Gasteiger partial charge in [-0.25, -0.2) is 4.79 Å². The van der Waals surface area contributed by atoms with Crippen LogP contribution in [0, 0.1) is 12.3 Å². The first-order chi connectivity index (χ1) is 8.97. The maximum atomic E-state index is 12.3. The fourth-order valence-corrected chi connectivity index (χ4v) is 1.56. The van der Waals surface area contributed by atoms with E-state index in [-0.39, 0.29) is 18.6 Å². The highest BCUT2D eigenvalue weighted by atomic mass is 16.5. The second-order valence-corrected chi connectivity index (χ2v) is 4.18. The summed E-state index contributed by atoms with van der Waals surface area (Å²) in [6, 6.07) is -0.372. The lowest BCUT2D eigenvalue weighted by molar-refractivity contribution is -0.137. The Kier molecular flexibility index (Phi) is 8.38. The lowest BCUT2D eigenvalue weighted by Gasteiger charge is -2.32. The number of carbonyl (C=O) groups is 2. The molecule has 0 aliphatic heterocycles. The highest BCUT2D eigenvalue weighted by molar-refractivity contribution is 5.80. The SMILES string of the molecule is C#CCN(CC(=O)O)C(=O)N(CCOC)C(C)CC. The summed E-state index contributed by atoms with van der Waals surface area (Å²) in [5.74, 6) is 1.22. The summed E-state index contributed by atoms with van der Waals surface area (Å²) in [6.07, 6.45) is 5.94. The number of amides is 2. The molecule has 0 aromatic carbocycles. The van der Waals surface area contributed by atoms with Crippen molar-refractivity contribution in [2.75, 3.05) is 33.4 Å². The Morgan fingerprint density at radius 2 is 2.11 bits per heavy atom. The van der Waals surface area contributed by atoms with Gasteiger partial charge in [0.2, 0.25) is 0 Å². The Balaban J connectivity index is 4.89. The molecule has 0 fully saturated rings. The molecule has 0 aromatic rings. The van der Waals surface area contributed by atoms with Crippen LogP contribution < -0.4 is 0 Å². The van der Waals surface area contributed by atoms with E-state index >= 15 is 0 Å². The maximum Gasteiger partial charge on any atom is 0.323 e. The van der Waals surface area contributed by atoms with E-state index in [2.05, 4.69) is 5.92 Å². The van der Waals surface area contributed by atoms with E-state index in [1.165, 1.54) is 0 Å². The van der Waals surface area contributed by atoms with Crippen molar-refractivity contribution in [2.24, 2.45) is 0 Å². The van der Waals surface area contributed by atoms with Crippen LogP contribution >= 0.6 is 0 Å². The molecular weight excluding hydrogens is 248 g/mol. The number of methoxy groups -OCH3 is 1. The van der Waals surface area contributed by atoms with Gasteiger partial charge in [-0.05, 0) is 13.3 Å². The predicted octanol–water partition coefficient (Wildman–Crippen LogP) is 0.873. The molecule has 1 atom stereocenters. The molecule has 0 spiro atoms. The molecule has 6 heteroatoms. The quantitative estimate of drug-likeness (QED) is 0.664. The Morgan fingerprint density at radius 3 is 2.53 bits per heavy atom. The van der Waals surface area contributed by atoms with Crippen LogP contribution in [0.25, 0.3) is 0 Å². The van der Waals surface area contributed by atoms with E-state index in [4.69, 9.17) is 16.3 Å². The van der Waals surface area contributed by atoms with Gasteiger partial charge in [0.15, 0.2) is 0 Å². The van der Waals surface area contributed by atoms with E-state index in [1.54, 1.807) is 12.0 Å². The Morgan fingerprint density at radius 1 is 1.47 bits per heavy atom. The maximum absolute atomic E-state index is 12.3. The predicted molar refractivity (Wildman–Crippen MR) is 71.8 cm³/mol. The first-order valence-corrected chi connectivity index (χ1v) is 6.17. The van der Waals surface area contributed by atoms with Gasteiger partial charge in [-0.1, -0.05) is 12.8 Å². The first-order valence-electron chi connectivity index (χ1n) is 6.17. The van der Waals surface area contributed by atoms with Gasteiger partial charge in [0.05, 0.1) is 13.2 Å². The molecule has 1 N–H and O–H groups in total. The standard InChI is InChI=1S/C13H22N2O4/c1-5-7-14(10-12(16)17)13(18)15(8-9-19-4)11(3)6-2/h1,11H,6-10H2,2-4H3,(H,16,17). The average Bonchev–Trinajstić information content (AvgIpc) is 2.37. The summed E-state index contributed by atoms with van der Waals surface area (Å²) in [7, 11) is 1.55. The zero-order valence-corrected chi connectivity index (χ0v) is 11.8. The van der Waals surface area contributed by atoms with Crippen LogP contribution in [0.15, 0.2) is 0 Å². The van der Waals surface area contributed by atoms with Crippen molar-refractivity contribution in [1.29, 1.82) is 0 Å². The molecular formula is C13H22N2O4. The molecule has 0 aromatic heterocycles. The second-order valence-electron chi connectivity index (χ2n) is 4.18. The lowest BCUT2D eigenvalue weighted by Crippen LogP contribution is -2.50. The summed E-state index contributed by atoms with van der Waals surface area (Å²) >= 11 is 0. The van der Waals surface area contributed by atoms with E-state index < -0.39 is 12.5 Å². The van der Waals surface area contributed by atoms with Crippen LogP contribution in [0.1, 0.15) is 20.3 Å². The number of rotatable bonds is 8. The Bertz CT molecular complexity index is 338. The number of hydrogen-bond donors (Lipinski definition) is 1. The molecule has 0 saturated carbocycles. The monoisotopic (exact) mass is 270 g/mol. The number of nitrogens with zero attached hydrogens (tertiary/aromatic N) is 2. The Hall–Kier alpha value is -1.74. The van der Waals surface area contributed by atoms with Crippen LogP contribution in [-0.2, 0) is 9.53 Å². The summed E-state index contributed by atoms with van der Waals surface area (Å²) in [4.78, 5) is 25.8. The highest BCUT2D eigenvalue weighted by Gasteiger charge is 2.25. The van der Waals surface area contributed by atoms with Crippen molar-refractivity contribution in [2.45, 2.75) is 26.3 Å². The fraction of sp³-hybridized carbons (Fsp3) is 0.692. The number of ether oxygens (including phenoxy) is 1. The summed E-state index contributed by atoms with van der Waals surface area (Å²) in [5, 5.41) is 8.81. The molecule has 1 unspecified atom stereocenters. The molecule has 0 bridgehead atoms. The smallest absolute Gasteiger partial charge is 0.323 e. The van der Waals surface area contributed by atoms with Crippen molar-refractivity contribution in [3.63, 3.8) is 0 Å². The van der Waals surface area contributed by atoms with Crippen molar-refractivity contribution >= 4 is 12.0 Å². The van der Waals surface area contributed by atoms with Gasteiger partial charge in [-0.2, -0.15) is 0 Å². The van der Waals surface area contributed by atoms with Gasteiger partial charge < -0.3 is 19.6 Å². The molecule has 0 aliphatic carbocycles. The molecule has 0 saturated heterocycles. The van der Waals surface area contributed by atoms with Gasteiger partial charge >= 0.3 is 12.0 Å². The van der Waals surface area contributed by atoms with Gasteiger partial charge in [-0.3, -0.25) is 4.79 Å². The van der Waals surface area contributed by atoms with E-state index in [0.717, 1.165) is 11.3 Å². The molecule has 0 aliphatic rings. The third-order valence-electron chi connectivity index (χ3n) is 2.78. The van der Waals surface area contributed by atoms with Gasteiger partial charge in [0.25, 0.3) is 0 Å². The van der Waals surface area contributed by atoms with Gasteiger partial charge in [0.1, 0.15) is 6.54 Å². The lowest BCUT2D eigenvalue weighted by atomic mass is 10.2. The summed E-state index contributed by atoms with van der Waals surface area (Å²) < 4.78 is 4.97. The summed E-state index contributed by atoms with van der Waals surface area (Å²) in [6.45, 7) is 4.24. The van der Waals surface area contributed by atoms with Crippen molar-refractivity contribution in [1.82, 2.24) is 9.80 Å². The first kappa shape index (κ1) is 17.3. The molecule has 19 heavy (non-hydrogen) atoms. The average molecular weight is 270 g/mol. The van der Waals surface area contributed by atoms with Crippen molar-refractivity contribution in [3.05, 3.63) is 0 Å². The number of terminal acetylenes is 1. The molecule has 108 valence electrons. The van der Waals surface area contributed by atoms with Gasteiger partial charge in [-0.15, -0.1) is 6.42 Å². The molecule has 2 amide bonds. The van der Waals surface area contributed by atoms with Crippen molar-refractivity contribution in [3.8, 4) is 12.3 Å². The van der Waals surface area contributed by atoms with E-state index in [0.29, 0.717) is 13.2 Å². The minimum absolute atomic E-state index is 0.00304. The molecule has 0 heterocycles. The Labute approximate surface area is 114 Å². The van der Waals surface area contributed by atoms with E-state index in [9.17, 15) is 9.59 Å². The largest absolute Gasteiger partial charge is 0.480 e. The topological polar surface area (TPSA) is 70.1 Å². The number of carboxylic acid groups (broad SMARTS) is 1. The number of urea groups is 1. The van der Waals surface area contributed by atoms with Crippen LogP contribution in [0.4, 0.5) is 4.79 Å². The van der Waals surface area contributed by atoms with Crippen LogP contribution in [0.5, 0.6) is 0 Å². The number of carbonyl (C=O) groups excluding carboxylic acids is 1. The van der Waals surface area contributed by atoms with Crippen molar-refractivity contribution < 1.29 is 19.4 Å². The van der Waals surface area contributed by atoms with Crippen LogP contribution in [0.3, 0.4) is 0 Å². The minimum Gasteiger partial charge on any atom is -0.480 e. The number of aliphatic carboxylic acids is 1. The van der Waals surface area contributed by atoms with Crippen LogP contribution in [-0.4, -0.2) is 66.3 Å². The zero-order chi connectivity index (χ0) is 14.8. The highest BCUT2D eigenvalue weighted by Crippen LogP contribution is 2.08. The normalized spacial score (nSPS) is 11.5. The molecule has 0 rings (SSSR count). The van der Waals surface area contributed by atoms with Crippen LogP contribution in [0.2, 0.25) is 0 Å². The third kappa shape index (κ3) is 6.11. The number of hydrogen-bond acceptors (Lipinski definition) is 3. The molecule has 0 radical (unpaired) electrons. The van der Waals surface area contributed by atoms with E-state index in [1.807, 2.05) is 13.8 Å². The summed E-state index contributed by atoms with van der Waals surface area (Å²) in [5.41, 5.74) is 0. The fourth-order valence-electron chi connectivity index (χ4n) is 1.56. The molecule has 6 nitrogen and oxygen atoms in total. The third-order valence-corrected chi connectivity index (χ3v) is 2.78. The minimum atomic E-state index is -1.08. The second kappa shape index (κ2) is 9.22.